The zero-order valence-corrected chi connectivity index (χ0v) is 13.0. The lowest BCUT2D eigenvalue weighted by molar-refractivity contribution is 0.406. The van der Waals surface area contributed by atoms with Crippen molar-refractivity contribution in [1.82, 2.24) is 0 Å². The zero-order chi connectivity index (χ0) is 14.5. The van der Waals surface area contributed by atoms with Gasteiger partial charge >= 0.3 is 0 Å². The summed E-state index contributed by atoms with van der Waals surface area (Å²) in [6.45, 7) is 2.11. The lowest BCUT2D eigenvalue weighted by atomic mass is 10.0. The van der Waals surface area contributed by atoms with Gasteiger partial charge in [0, 0.05) is 10.6 Å². The number of para-hydroxylation sites is 1. The van der Waals surface area contributed by atoms with E-state index in [-0.39, 0.29) is 6.04 Å². The molecule has 0 saturated heterocycles. The van der Waals surface area contributed by atoms with Crippen molar-refractivity contribution in [2.75, 3.05) is 12.4 Å². The van der Waals surface area contributed by atoms with Crippen LogP contribution in [-0.4, -0.2) is 7.11 Å². The first-order chi connectivity index (χ1) is 9.65. The summed E-state index contributed by atoms with van der Waals surface area (Å²) in [7, 11) is 1.68. The van der Waals surface area contributed by atoms with Gasteiger partial charge in [0.15, 0.2) is 0 Å². The van der Waals surface area contributed by atoms with Crippen LogP contribution < -0.4 is 10.1 Å². The fourth-order valence-corrected chi connectivity index (χ4v) is 2.49. The molecule has 20 heavy (non-hydrogen) atoms. The van der Waals surface area contributed by atoms with Gasteiger partial charge in [-0.3, -0.25) is 0 Å². The standard InChI is InChI=1S/C16H17Cl2NO/c1-3-14(12-6-4-5-7-16(12)20-2)19-15-10-11(17)8-9-13(15)18/h4-10,14,19H,3H2,1-2H3. The average molecular weight is 310 g/mol. The fraction of sp³-hybridized carbons (Fsp3) is 0.250. The van der Waals surface area contributed by atoms with Crippen molar-refractivity contribution in [2.45, 2.75) is 19.4 Å². The SMILES string of the molecule is CCC(Nc1cc(Cl)ccc1Cl)c1ccccc1OC. The maximum absolute atomic E-state index is 6.21. The van der Waals surface area contributed by atoms with Crippen molar-refractivity contribution in [3.05, 3.63) is 58.1 Å². The molecule has 1 unspecified atom stereocenters. The van der Waals surface area contributed by atoms with E-state index in [4.69, 9.17) is 27.9 Å². The second-order valence-corrected chi connectivity index (χ2v) is 5.31. The van der Waals surface area contributed by atoms with Crippen LogP contribution in [0.4, 0.5) is 5.69 Å². The Hall–Kier alpha value is -1.38. The molecule has 0 aliphatic heterocycles. The highest BCUT2D eigenvalue weighted by Gasteiger charge is 2.15. The first kappa shape index (κ1) is 15.0. The van der Waals surface area contributed by atoms with E-state index in [0.29, 0.717) is 10.0 Å². The molecule has 2 aromatic rings. The van der Waals surface area contributed by atoms with E-state index in [9.17, 15) is 0 Å². The van der Waals surface area contributed by atoms with Crippen molar-refractivity contribution in [1.29, 1.82) is 0 Å². The van der Waals surface area contributed by atoms with Crippen LogP contribution in [0, 0.1) is 0 Å². The number of rotatable bonds is 5. The summed E-state index contributed by atoms with van der Waals surface area (Å²) in [5.74, 6) is 0.866. The first-order valence-corrected chi connectivity index (χ1v) is 7.25. The minimum atomic E-state index is 0.113. The number of hydrogen-bond donors (Lipinski definition) is 1. The van der Waals surface area contributed by atoms with Gasteiger partial charge in [-0.2, -0.15) is 0 Å². The molecule has 1 N–H and O–H groups in total. The summed E-state index contributed by atoms with van der Waals surface area (Å²) < 4.78 is 5.42. The highest BCUT2D eigenvalue weighted by molar-refractivity contribution is 6.35. The van der Waals surface area contributed by atoms with E-state index in [1.807, 2.05) is 24.3 Å². The predicted octanol–water partition coefficient (Wildman–Crippen LogP) is 5.57. The van der Waals surface area contributed by atoms with Crippen LogP contribution in [0.1, 0.15) is 24.9 Å². The predicted molar refractivity (Wildman–Crippen MR) is 86.1 cm³/mol. The Labute approximate surface area is 129 Å². The maximum Gasteiger partial charge on any atom is 0.124 e. The summed E-state index contributed by atoms with van der Waals surface area (Å²) >= 11 is 12.2. The Kier molecular flexibility index (Phi) is 5.16. The fourth-order valence-electron chi connectivity index (χ4n) is 2.15. The summed E-state index contributed by atoms with van der Waals surface area (Å²) in [6, 6.07) is 13.5. The van der Waals surface area contributed by atoms with Crippen molar-refractivity contribution in [3.8, 4) is 5.75 Å². The van der Waals surface area contributed by atoms with E-state index in [1.54, 1.807) is 19.2 Å². The molecule has 0 aliphatic carbocycles. The van der Waals surface area contributed by atoms with E-state index >= 15 is 0 Å². The normalized spacial score (nSPS) is 12.0. The van der Waals surface area contributed by atoms with Gasteiger partial charge in [0.05, 0.1) is 23.9 Å². The molecule has 0 aromatic heterocycles. The molecule has 0 radical (unpaired) electrons. The molecule has 2 rings (SSSR count). The van der Waals surface area contributed by atoms with Crippen molar-refractivity contribution in [2.24, 2.45) is 0 Å². The second kappa shape index (κ2) is 6.87. The summed E-state index contributed by atoms with van der Waals surface area (Å²) in [6.07, 6.45) is 0.906. The molecule has 2 nitrogen and oxygen atoms in total. The third-order valence-corrected chi connectivity index (χ3v) is 3.75. The van der Waals surface area contributed by atoms with Gasteiger partial charge in [0.1, 0.15) is 5.75 Å². The quantitative estimate of drug-likeness (QED) is 0.780. The summed E-state index contributed by atoms with van der Waals surface area (Å²) in [5.41, 5.74) is 1.94. The Morgan fingerprint density at radius 1 is 1.15 bits per heavy atom. The highest BCUT2D eigenvalue weighted by Crippen LogP contribution is 2.33. The van der Waals surface area contributed by atoms with Gasteiger partial charge in [-0.15, -0.1) is 0 Å². The number of ether oxygens (including phenoxy) is 1. The third-order valence-electron chi connectivity index (χ3n) is 3.18. The molecule has 1 atom stereocenters. The average Bonchev–Trinajstić information content (AvgIpc) is 2.48. The number of hydrogen-bond acceptors (Lipinski definition) is 2. The molecule has 106 valence electrons. The number of halogens is 2. The molecule has 0 aliphatic rings. The van der Waals surface area contributed by atoms with Crippen LogP contribution >= 0.6 is 23.2 Å². The van der Waals surface area contributed by atoms with E-state index in [2.05, 4.69) is 18.3 Å². The van der Waals surface area contributed by atoms with Gasteiger partial charge in [-0.05, 0) is 30.7 Å². The minimum absolute atomic E-state index is 0.113. The zero-order valence-electron chi connectivity index (χ0n) is 11.5. The molecule has 2 aromatic carbocycles. The summed E-state index contributed by atoms with van der Waals surface area (Å²) in [4.78, 5) is 0. The lowest BCUT2D eigenvalue weighted by Crippen LogP contribution is -2.11. The van der Waals surface area contributed by atoms with Crippen LogP contribution in [0.25, 0.3) is 0 Å². The summed E-state index contributed by atoms with van der Waals surface area (Å²) in [5, 5.41) is 4.75. The van der Waals surface area contributed by atoms with Crippen LogP contribution in [0.15, 0.2) is 42.5 Å². The van der Waals surface area contributed by atoms with Gasteiger partial charge < -0.3 is 10.1 Å². The van der Waals surface area contributed by atoms with E-state index in [0.717, 1.165) is 23.4 Å². The second-order valence-electron chi connectivity index (χ2n) is 4.47. The van der Waals surface area contributed by atoms with Crippen molar-refractivity contribution in [3.63, 3.8) is 0 Å². The third kappa shape index (κ3) is 3.38. The molecule has 0 saturated carbocycles. The molecule has 0 fully saturated rings. The number of methoxy groups -OCH3 is 1. The van der Waals surface area contributed by atoms with E-state index < -0.39 is 0 Å². The highest BCUT2D eigenvalue weighted by atomic mass is 35.5. The maximum atomic E-state index is 6.21. The van der Waals surface area contributed by atoms with Gasteiger partial charge in [-0.1, -0.05) is 48.3 Å². The Balaban J connectivity index is 2.31. The monoisotopic (exact) mass is 309 g/mol. The van der Waals surface area contributed by atoms with Crippen molar-refractivity contribution < 1.29 is 4.74 Å². The Bertz CT molecular complexity index is 586. The van der Waals surface area contributed by atoms with Gasteiger partial charge in [-0.25, -0.2) is 0 Å². The van der Waals surface area contributed by atoms with Crippen LogP contribution in [0.3, 0.4) is 0 Å². The van der Waals surface area contributed by atoms with Crippen LogP contribution in [-0.2, 0) is 0 Å². The molecule has 0 heterocycles. The van der Waals surface area contributed by atoms with Crippen LogP contribution in [0.5, 0.6) is 5.75 Å². The first-order valence-electron chi connectivity index (χ1n) is 6.50. The molecule has 4 heteroatoms. The molecule has 0 amide bonds. The topological polar surface area (TPSA) is 21.3 Å². The number of benzene rings is 2. The van der Waals surface area contributed by atoms with Crippen LogP contribution in [0.2, 0.25) is 10.0 Å². The molecule has 0 spiro atoms. The Morgan fingerprint density at radius 3 is 2.60 bits per heavy atom. The lowest BCUT2D eigenvalue weighted by Gasteiger charge is -2.21. The van der Waals surface area contributed by atoms with Crippen molar-refractivity contribution >= 4 is 28.9 Å². The van der Waals surface area contributed by atoms with Gasteiger partial charge in [0.2, 0.25) is 0 Å². The smallest absolute Gasteiger partial charge is 0.124 e. The minimum Gasteiger partial charge on any atom is -0.496 e. The molecule has 0 bridgehead atoms. The van der Waals surface area contributed by atoms with Gasteiger partial charge in [0.25, 0.3) is 0 Å². The number of anilines is 1. The molecular formula is C16H17Cl2NO. The number of nitrogens with one attached hydrogen (secondary N) is 1. The molecular weight excluding hydrogens is 293 g/mol. The Morgan fingerprint density at radius 2 is 1.90 bits per heavy atom. The largest absolute Gasteiger partial charge is 0.496 e. The van der Waals surface area contributed by atoms with E-state index in [1.165, 1.54) is 0 Å².